The molecule has 21 heavy (non-hydrogen) atoms. The minimum Gasteiger partial charge on any atom is -0.393 e. The fourth-order valence-corrected chi connectivity index (χ4v) is 2.82. The first-order chi connectivity index (χ1) is 10.0. The zero-order valence-electron chi connectivity index (χ0n) is 12.7. The average Bonchev–Trinajstić information content (AvgIpc) is 2.36. The van der Waals surface area contributed by atoms with Crippen LogP contribution >= 0.6 is 0 Å². The fraction of sp³-hybridized carbons (Fsp3) is 0.625. The van der Waals surface area contributed by atoms with Gasteiger partial charge in [0.25, 0.3) is 0 Å². The maximum atomic E-state index is 14.2. The molecule has 1 aliphatic rings. The van der Waals surface area contributed by atoms with Crippen molar-refractivity contribution in [2.45, 2.75) is 38.8 Å². The average molecular weight is 298 g/mol. The molecule has 1 saturated carbocycles. The van der Waals surface area contributed by atoms with Crippen molar-refractivity contribution in [1.82, 2.24) is 5.32 Å². The third-order valence-electron chi connectivity index (χ3n) is 3.96. The number of benzene rings is 1. The van der Waals surface area contributed by atoms with Crippen LogP contribution in [0.2, 0.25) is 0 Å². The molecule has 1 aromatic rings. The largest absolute Gasteiger partial charge is 0.393 e. The van der Waals surface area contributed by atoms with Crippen LogP contribution < -0.4 is 10.2 Å². The van der Waals surface area contributed by atoms with Gasteiger partial charge >= 0.3 is 0 Å². The summed E-state index contributed by atoms with van der Waals surface area (Å²) >= 11 is 0. The summed E-state index contributed by atoms with van der Waals surface area (Å²) in [6.45, 7) is 3.91. The predicted octanol–water partition coefficient (Wildman–Crippen LogP) is 2.67. The van der Waals surface area contributed by atoms with Gasteiger partial charge in [-0.1, -0.05) is 6.92 Å². The number of nitrogens with zero attached hydrogens (tertiary/aromatic N) is 1. The molecule has 0 bridgehead atoms. The van der Waals surface area contributed by atoms with Crippen molar-refractivity contribution in [3.63, 3.8) is 0 Å². The van der Waals surface area contributed by atoms with E-state index in [9.17, 15) is 13.9 Å². The number of hydrogen-bond donors (Lipinski definition) is 2. The molecule has 1 fully saturated rings. The van der Waals surface area contributed by atoms with Gasteiger partial charge in [-0.15, -0.1) is 0 Å². The van der Waals surface area contributed by atoms with E-state index in [-0.39, 0.29) is 11.8 Å². The molecule has 0 atom stereocenters. The van der Waals surface area contributed by atoms with Gasteiger partial charge in [0.1, 0.15) is 17.3 Å². The Balaban J connectivity index is 2.01. The summed E-state index contributed by atoms with van der Waals surface area (Å²) in [7, 11) is 1.70. The van der Waals surface area contributed by atoms with E-state index in [0.29, 0.717) is 37.4 Å². The highest BCUT2D eigenvalue weighted by Crippen LogP contribution is 2.31. The van der Waals surface area contributed by atoms with E-state index in [2.05, 4.69) is 5.32 Å². The molecule has 0 heterocycles. The third kappa shape index (κ3) is 4.14. The van der Waals surface area contributed by atoms with E-state index < -0.39 is 11.6 Å². The van der Waals surface area contributed by atoms with Gasteiger partial charge in [0.15, 0.2) is 0 Å². The number of anilines is 1. The lowest BCUT2D eigenvalue weighted by Crippen LogP contribution is -2.37. The molecule has 3 nitrogen and oxygen atoms in total. The van der Waals surface area contributed by atoms with Gasteiger partial charge < -0.3 is 15.3 Å². The Morgan fingerprint density at radius 2 is 1.90 bits per heavy atom. The van der Waals surface area contributed by atoms with Crippen molar-refractivity contribution in [2.24, 2.45) is 5.92 Å². The quantitative estimate of drug-likeness (QED) is 0.760. The lowest BCUT2D eigenvalue weighted by atomic mass is 9.82. The zero-order chi connectivity index (χ0) is 15.4. The van der Waals surface area contributed by atoms with Crippen LogP contribution in [0.1, 0.15) is 31.7 Å². The molecule has 0 aromatic heterocycles. The Kier molecular flexibility index (Phi) is 5.53. The summed E-state index contributed by atoms with van der Waals surface area (Å²) in [4.78, 5) is 1.62. The summed E-state index contributed by atoms with van der Waals surface area (Å²) in [6.07, 6.45) is 2.17. The lowest BCUT2D eigenvalue weighted by Gasteiger charge is -2.35. The molecule has 118 valence electrons. The van der Waals surface area contributed by atoms with E-state index in [1.54, 1.807) is 11.9 Å². The molecular formula is C16H24F2N2O. The molecule has 0 radical (unpaired) electrons. The number of hydrogen-bond acceptors (Lipinski definition) is 3. The van der Waals surface area contributed by atoms with Crippen LogP contribution in [0.3, 0.4) is 0 Å². The zero-order valence-corrected chi connectivity index (χ0v) is 12.7. The van der Waals surface area contributed by atoms with E-state index in [4.69, 9.17) is 0 Å². The number of rotatable bonds is 7. The van der Waals surface area contributed by atoms with Crippen molar-refractivity contribution in [2.75, 3.05) is 25.0 Å². The second-order valence-corrected chi connectivity index (χ2v) is 5.96. The molecule has 0 unspecified atom stereocenters. The maximum Gasteiger partial charge on any atom is 0.149 e. The highest BCUT2D eigenvalue weighted by molar-refractivity contribution is 5.50. The molecule has 0 aliphatic heterocycles. The lowest BCUT2D eigenvalue weighted by molar-refractivity contribution is 0.0464. The van der Waals surface area contributed by atoms with Crippen LogP contribution in [-0.4, -0.2) is 31.3 Å². The van der Waals surface area contributed by atoms with Crippen molar-refractivity contribution >= 4 is 5.69 Å². The second-order valence-electron chi connectivity index (χ2n) is 5.96. The van der Waals surface area contributed by atoms with Gasteiger partial charge in [0.05, 0.1) is 6.10 Å². The number of aliphatic hydroxyl groups is 1. The first-order valence-corrected chi connectivity index (χ1v) is 7.59. The van der Waals surface area contributed by atoms with Gasteiger partial charge in [-0.25, -0.2) is 8.78 Å². The van der Waals surface area contributed by atoms with Crippen LogP contribution in [0.5, 0.6) is 0 Å². The van der Waals surface area contributed by atoms with Crippen LogP contribution in [0.25, 0.3) is 0 Å². The highest BCUT2D eigenvalue weighted by Gasteiger charge is 2.29. The molecule has 2 rings (SSSR count). The molecule has 0 amide bonds. The molecule has 0 saturated heterocycles. The fourth-order valence-electron chi connectivity index (χ4n) is 2.82. The Hall–Kier alpha value is -1.20. The predicted molar refractivity (Wildman–Crippen MR) is 80.4 cm³/mol. The van der Waals surface area contributed by atoms with Gasteiger partial charge in [-0.2, -0.15) is 0 Å². The molecular weight excluding hydrogens is 274 g/mol. The number of nitrogens with one attached hydrogen (secondary N) is 1. The van der Waals surface area contributed by atoms with Gasteiger partial charge in [0.2, 0.25) is 0 Å². The summed E-state index contributed by atoms with van der Waals surface area (Å²) < 4.78 is 28.3. The van der Waals surface area contributed by atoms with Crippen molar-refractivity contribution in [1.29, 1.82) is 0 Å². The van der Waals surface area contributed by atoms with Crippen molar-refractivity contribution in [3.8, 4) is 0 Å². The van der Waals surface area contributed by atoms with Gasteiger partial charge in [0, 0.05) is 20.1 Å². The standard InChI is InChI=1S/C16H24F2N2O/c1-3-4-19-9-11-7-14(17)16(15(18)8-11)20(2)10-12-5-13(21)6-12/h7-8,12-13,19,21H,3-6,9-10H2,1-2H3. The Bertz CT molecular complexity index is 452. The van der Waals surface area contributed by atoms with Crippen LogP contribution in [0.15, 0.2) is 12.1 Å². The van der Waals surface area contributed by atoms with Crippen molar-refractivity contribution < 1.29 is 13.9 Å². The summed E-state index contributed by atoms with van der Waals surface area (Å²) in [5, 5.41) is 12.4. The van der Waals surface area contributed by atoms with Gasteiger partial charge in [-0.3, -0.25) is 0 Å². The topological polar surface area (TPSA) is 35.5 Å². The monoisotopic (exact) mass is 298 g/mol. The molecule has 0 spiro atoms. The summed E-state index contributed by atoms with van der Waals surface area (Å²) in [5.41, 5.74) is 0.644. The second kappa shape index (κ2) is 7.18. The maximum absolute atomic E-state index is 14.2. The van der Waals surface area contributed by atoms with E-state index >= 15 is 0 Å². The Morgan fingerprint density at radius 3 is 2.43 bits per heavy atom. The molecule has 1 aliphatic carbocycles. The van der Waals surface area contributed by atoms with Gasteiger partial charge in [-0.05, 0) is 49.4 Å². The molecule has 5 heteroatoms. The molecule has 2 N–H and O–H groups in total. The van der Waals surface area contributed by atoms with E-state index in [1.165, 1.54) is 12.1 Å². The number of halogens is 2. The Morgan fingerprint density at radius 1 is 1.29 bits per heavy atom. The minimum absolute atomic E-state index is 0.0237. The first kappa shape index (κ1) is 16.2. The number of aliphatic hydroxyl groups excluding tert-OH is 1. The minimum atomic E-state index is -0.523. The summed E-state index contributed by atoms with van der Waals surface area (Å²) in [5.74, 6) is -0.731. The van der Waals surface area contributed by atoms with Crippen LogP contribution in [0.4, 0.5) is 14.5 Å². The van der Waals surface area contributed by atoms with Crippen LogP contribution in [0, 0.1) is 17.6 Å². The first-order valence-electron chi connectivity index (χ1n) is 7.59. The normalized spacial score (nSPS) is 21.2. The Labute approximate surface area is 125 Å². The summed E-state index contributed by atoms with van der Waals surface area (Å²) in [6, 6.07) is 2.79. The van der Waals surface area contributed by atoms with E-state index in [1.807, 2.05) is 6.92 Å². The van der Waals surface area contributed by atoms with Crippen molar-refractivity contribution in [3.05, 3.63) is 29.3 Å². The molecule has 1 aromatic carbocycles. The highest BCUT2D eigenvalue weighted by atomic mass is 19.1. The smallest absolute Gasteiger partial charge is 0.149 e. The third-order valence-corrected chi connectivity index (χ3v) is 3.96. The SMILES string of the molecule is CCCNCc1cc(F)c(N(C)CC2CC(O)C2)c(F)c1. The van der Waals surface area contributed by atoms with E-state index in [0.717, 1.165) is 13.0 Å². The van der Waals surface area contributed by atoms with Crippen LogP contribution in [-0.2, 0) is 6.54 Å².